The molecule has 0 aromatic rings. The number of carboxylic acid groups (broad SMARTS) is 1. The first-order valence-electron chi connectivity index (χ1n) is 4.76. The normalized spacial score (nSPS) is 9.73. The lowest BCUT2D eigenvalue weighted by Gasteiger charge is -1.97. The minimum Gasteiger partial charge on any atom is -0.483 e. The van der Waals surface area contributed by atoms with Gasteiger partial charge in [-0.2, -0.15) is 0 Å². The minimum atomic E-state index is -0.262. The second kappa shape index (κ2) is 14.9. The molecular formula is C11H18O4. The van der Waals surface area contributed by atoms with E-state index in [0.29, 0.717) is 6.61 Å². The standard InChI is InChI=1S/C10H16O2.CH2O2/c1-3-5-7-8-10(11)12-9-6-4-2;2-1-3/h3,5,7-8H,4,6,9H2,1-2H3;1H,(H,2,3)/b5-3+,8-7+;. The summed E-state index contributed by atoms with van der Waals surface area (Å²) in [5.74, 6) is -0.262. The molecule has 0 aliphatic rings. The number of ether oxygens (including phenoxy) is 1. The molecule has 0 aliphatic carbocycles. The third-order valence-corrected chi connectivity index (χ3v) is 1.28. The molecule has 0 amide bonds. The Morgan fingerprint density at radius 1 is 1.40 bits per heavy atom. The summed E-state index contributed by atoms with van der Waals surface area (Å²) < 4.78 is 4.87. The quantitative estimate of drug-likeness (QED) is 0.250. The molecule has 0 rings (SSSR count). The smallest absolute Gasteiger partial charge is 0.330 e. The molecule has 1 N–H and O–H groups in total. The number of allylic oxidation sites excluding steroid dienone is 3. The summed E-state index contributed by atoms with van der Waals surface area (Å²) in [6.07, 6.45) is 8.73. The topological polar surface area (TPSA) is 63.6 Å². The highest BCUT2D eigenvalue weighted by Crippen LogP contribution is 1.89. The lowest BCUT2D eigenvalue weighted by molar-refractivity contribution is -0.137. The van der Waals surface area contributed by atoms with E-state index >= 15 is 0 Å². The van der Waals surface area contributed by atoms with E-state index in [0.717, 1.165) is 12.8 Å². The molecular weight excluding hydrogens is 196 g/mol. The van der Waals surface area contributed by atoms with E-state index in [9.17, 15) is 4.79 Å². The molecule has 4 heteroatoms. The largest absolute Gasteiger partial charge is 0.483 e. The molecule has 0 unspecified atom stereocenters. The fourth-order valence-corrected chi connectivity index (χ4v) is 0.610. The van der Waals surface area contributed by atoms with Gasteiger partial charge in [0.25, 0.3) is 6.47 Å². The van der Waals surface area contributed by atoms with Crippen LogP contribution in [0.1, 0.15) is 26.7 Å². The summed E-state index contributed by atoms with van der Waals surface area (Å²) in [4.78, 5) is 19.2. The van der Waals surface area contributed by atoms with E-state index in [1.807, 2.05) is 13.0 Å². The van der Waals surface area contributed by atoms with Crippen molar-refractivity contribution >= 4 is 12.4 Å². The van der Waals surface area contributed by atoms with Crippen molar-refractivity contribution in [3.8, 4) is 0 Å². The molecule has 0 heterocycles. The third kappa shape index (κ3) is 19.0. The average Bonchev–Trinajstić information content (AvgIpc) is 2.20. The predicted octanol–water partition coefficient (Wildman–Crippen LogP) is 2.16. The van der Waals surface area contributed by atoms with Gasteiger partial charge in [-0.25, -0.2) is 4.79 Å². The van der Waals surface area contributed by atoms with E-state index in [2.05, 4.69) is 6.92 Å². The zero-order valence-corrected chi connectivity index (χ0v) is 9.18. The van der Waals surface area contributed by atoms with Crippen LogP contribution in [0.3, 0.4) is 0 Å². The van der Waals surface area contributed by atoms with Crippen molar-refractivity contribution in [1.29, 1.82) is 0 Å². The molecule has 0 fully saturated rings. The Hall–Kier alpha value is -1.58. The van der Waals surface area contributed by atoms with Crippen LogP contribution in [-0.2, 0) is 14.3 Å². The van der Waals surface area contributed by atoms with Gasteiger partial charge in [-0.3, -0.25) is 4.79 Å². The average molecular weight is 214 g/mol. The van der Waals surface area contributed by atoms with Crippen molar-refractivity contribution in [3.63, 3.8) is 0 Å². The number of carbonyl (C=O) groups is 2. The van der Waals surface area contributed by atoms with E-state index in [-0.39, 0.29) is 12.4 Å². The molecule has 0 atom stereocenters. The van der Waals surface area contributed by atoms with Gasteiger partial charge in [-0.15, -0.1) is 0 Å². The Balaban J connectivity index is 0. The Labute approximate surface area is 90.2 Å². The van der Waals surface area contributed by atoms with Gasteiger partial charge in [-0.05, 0) is 13.3 Å². The molecule has 15 heavy (non-hydrogen) atoms. The van der Waals surface area contributed by atoms with Crippen molar-refractivity contribution in [2.24, 2.45) is 0 Å². The fourth-order valence-electron chi connectivity index (χ4n) is 0.610. The lowest BCUT2D eigenvalue weighted by atomic mass is 10.4. The first kappa shape index (κ1) is 15.9. The van der Waals surface area contributed by atoms with Crippen LogP contribution in [0.15, 0.2) is 24.3 Å². The van der Waals surface area contributed by atoms with Crippen molar-refractivity contribution in [1.82, 2.24) is 0 Å². The number of rotatable bonds is 5. The molecule has 0 aliphatic heterocycles. The highest BCUT2D eigenvalue weighted by molar-refractivity contribution is 5.82. The zero-order valence-electron chi connectivity index (χ0n) is 9.18. The highest BCUT2D eigenvalue weighted by atomic mass is 16.5. The zero-order chi connectivity index (χ0) is 11.9. The molecule has 0 spiro atoms. The van der Waals surface area contributed by atoms with Crippen LogP contribution >= 0.6 is 0 Å². The van der Waals surface area contributed by atoms with Crippen LogP contribution in [0.25, 0.3) is 0 Å². The molecule has 0 bridgehead atoms. The summed E-state index contributed by atoms with van der Waals surface area (Å²) >= 11 is 0. The number of carbonyl (C=O) groups excluding carboxylic acids is 1. The second-order valence-corrected chi connectivity index (χ2v) is 2.51. The molecule has 86 valence electrons. The molecule has 0 radical (unpaired) electrons. The van der Waals surface area contributed by atoms with Crippen molar-refractivity contribution < 1.29 is 19.4 Å². The van der Waals surface area contributed by atoms with Crippen LogP contribution < -0.4 is 0 Å². The summed E-state index contributed by atoms with van der Waals surface area (Å²) in [5.41, 5.74) is 0. The van der Waals surface area contributed by atoms with Gasteiger partial charge < -0.3 is 9.84 Å². The van der Waals surface area contributed by atoms with Gasteiger partial charge in [0.05, 0.1) is 6.61 Å². The molecule has 4 nitrogen and oxygen atoms in total. The summed E-state index contributed by atoms with van der Waals surface area (Å²) in [5, 5.41) is 6.89. The first-order valence-corrected chi connectivity index (χ1v) is 4.76. The molecule has 0 saturated heterocycles. The van der Waals surface area contributed by atoms with E-state index in [1.165, 1.54) is 6.08 Å². The van der Waals surface area contributed by atoms with E-state index in [1.54, 1.807) is 12.2 Å². The monoisotopic (exact) mass is 214 g/mol. The van der Waals surface area contributed by atoms with Gasteiger partial charge in [0.1, 0.15) is 0 Å². The maximum atomic E-state index is 10.8. The van der Waals surface area contributed by atoms with Gasteiger partial charge in [-0.1, -0.05) is 31.6 Å². The third-order valence-electron chi connectivity index (χ3n) is 1.28. The molecule has 0 saturated carbocycles. The SMILES string of the molecule is C/C=C/C=C/C(=O)OCCCC.O=CO. The molecule has 0 aromatic heterocycles. The van der Waals surface area contributed by atoms with E-state index < -0.39 is 0 Å². The Bertz CT molecular complexity index is 207. The second-order valence-electron chi connectivity index (χ2n) is 2.51. The van der Waals surface area contributed by atoms with E-state index in [4.69, 9.17) is 14.6 Å². The first-order chi connectivity index (χ1) is 7.22. The number of esters is 1. The van der Waals surface area contributed by atoms with Crippen LogP contribution in [0.5, 0.6) is 0 Å². The van der Waals surface area contributed by atoms with Crippen molar-refractivity contribution in [2.45, 2.75) is 26.7 Å². The van der Waals surface area contributed by atoms with Crippen LogP contribution in [0.2, 0.25) is 0 Å². The number of unbranched alkanes of at least 4 members (excludes halogenated alkanes) is 1. The van der Waals surface area contributed by atoms with Gasteiger partial charge in [0.15, 0.2) is 0 Å². The maximum absolute atomic E-state index is 10.8. The summed E-state index contributed by atoms with van der Waals surface area (Å²) in [6, 6.07) is 0. The molecule has 0 aromatic carbocycles. The van der Waals surface area contributed by atoms with Crippen LogP contribution in [0, 0.1) is 0 Å². The Kier molecular flexibility index (Phi) is 15.8. The van der Waals surface area contributed by atoms with Crippen molar-refractivity contribution in [3.05, 3.63) is 24.3 Å². The van der Waals surface area contributed by atoms with Crippen LogP contribution in [-0.4, -0.2) is 24.2 Å². The number of hydrogen-bond acceptors (Lipinski definition) is 3. The number of hydrogen-bond donors (Lipinski definition) is 1. The predicted molar refractivity (Wildman–Crippen MR) is 58.5 cm³/mol. The van der Waals surface area contributed by atoms with Crippen LogP contribution in [0.4, 0.5) is 0 Å². The summed E-state index contributed by atoms with van der Waals surface area (Å²) in [7, 11) is 0. The maximum Gasteiger partial charge on any atom is 0.330 e. The Morgan fingerprint density at radius 3 is 2.47 bits per heavy atom. The lowest BCUT2D eigenvalue weighted by Crippen LogP contribution is -2.01. The van der Waals surface area contributed by atoms with Gasteiger partial charge in [0.2, 0.25) is 0 Å². The summed E-state index contributed by atoms with van der Waals surface area (Å²) in [6.45, 7) is 4.23. The highest BCUT2D eigenvalue weighted by Gasteiger charge is 1.93. The van der Waals surface area contributed by atoms with Crippen molar-refractivity contribution in [2.75, 3.05) is 6.61 Å². The minimum absolute atomic E-state index is 0.250. The fraction of sp³-hybridized carbons (Fsp3) is 0.455. The van der Waals surface area contributed by atoms with Gasteiger partial charge in [0, 0.05) is 6.08 Å². The van der Waals surface area contributed by atoms with Gasteiger partial charge >= 0.3 is 5.97 Å². The Morgan fingerprint density at radius 2 is 2.00 bits per heavy atom.